The standard InChI is InChI=1S/C15H14ClN3O3S/c16-11-4-2-1-3-9(11)14(22)18-7-5-12(20)19-15-10(13(17)21)6-8-23-15/h1-4,6,8H,5,7H2,(H2,17,21)(H,18,22)(H,19,20). The molecule has 0 atom stereocenters. The van der Waals surface area contributed by atoms with Crippen LogP contribution < -0.4 is 16.4 Å². The van der Waals surface area contributed by atoms with Gasteiger partial charge in [0.25, 0.3) is 11.8 Å². The highest BCUT2D eigenvalue weighted by Crippen LogP contribution is 2.22. The number of carbonyl (C=O) groups excluding carboxylic acids is 3. The number of amides is 3. The largest absolute Gasteiger partial charge is 0.366 e. The fourth-order valence-electron chi connectivity index (χ4n) is 1.82. The molecule has 0 aliphatic heterocycles. The Labute approximate surface area is 141 Å². The van der Waals surface area contributed by atoms with Crippen LogP contribution in [-0.4, -0.2) is 24.3 Å². The van der Waals surface area contributed by atoms with E-state index in [1.165, 1.54) is 11.3 Å². The van der Waals surface area contributed by atoms with Gasteiger partial charge in [-0.2, -0.15) is 0 Å². The second kappa shape index (κ2) is 7.75. The van der Waals surface area contributed by atoms with Gasteiger partial charge >= 0.3 is 0 Å². The molecule has 0 spiro atoms. The van der Waals surface area contributed by atoms with Crippen LogP contribution in [0.2, 0.25) is 5.02 Å². The van der Waals surface area contributed by atoms with Crippen LogP contribution in [0.15, 0.2) is 35.7 Å². The Morgan fingerprint density at radius 2 is 1.87 bits per heavy atom. The van der Waals surface area contributed by atoms with E-state index in [2.05, 4.69) is 10.6 Å². The van der Waals surface area contributed by atoms with Crippen LogP contribution in [0.3, 0.4) is 0 Å². The number of nitrogens with one attached hydrogen (secondary N) is 2. The highest BCUT2D eigenvalue weighted by Gasteiger charge is 2.13. The Bertz CT molecular complexity index is 745. The van der Waals surface area contributed by atoms with Gasteiger partial charge in [0, 0.05) is 13.0 Å². The van der Waals surface area contributed by atoms with Crippen LogP contribution in [0.4, 0.5) is 5.00 Å². The van der Waals surface area contributed by atoms with Gasteiger partial charge in [0.1, 0.15) is 5.00 Å². The zero-order valence-corrected chi connectivity index (χ0v) is 13.5. The van der Waals surface area contributed by atoms with Crippen molar-refractivity contribution in [3.05, 3.63) is 51.9 Å². The van der Waals surface area contributed by atoms with Crippen molar-refractivity contribution in [1.82, 2.24) is 5.32 Å². The fraction of sp³-hybridized carbons (Fsp3) is 0.133. The first kappa shape index (κ1) is 17.0. The maximum absolute atomic E-state index is 11.9. The van der Waals surface area contributed by atoms with Crippen LogP contribution in [0.1, 0.15) is 27.1 Å². The zero-order valence-electron chi connectivity index (χ0n) is 12.0. The minimum Gasteiger partial charge on any atom is -0.366 e. The van der Waals surface area contributed by atoms with E-state index in [1.807, 2.05) is 0 Å². The third-order valence-corrected chi connectivity index (χ3v) is 4.10. The Morgan fingerprint density at radius 3 is 2.57 bits per heavy atom. The van der Waals surface area contributed by atoms with Crippen molar-refractivity contribution in [1.29, 1.82) is 0 Å². The maximum atomic E-state index is 11.9. The number of hydrogen-bond acceptors (Lipinski definition) is 4. The number of halogens is 1. The normalized spacial score (nSPS) is 10.1. The number of carbonyl (C=O) groups is 3. The molecule has 4 N–H and O–H groups in total. The minimum atomic E-state index is -0.603. The average Bonchev–Trinajstić information content (AvgIpc) is 2.95. The maximum Gasteiger partial charge on any atom is 0.252 e. The lowest BCUT2D eigenvalue weighted by Gasteiger charge is -2.07. The molecule has 6 nitrogen and oxygen atoms in total. The van der Waals surface area contributed by atoms with Crippen LogP contribution in [0.25, 0.3) is 0 Å². The molecule has 2 aromatic rings. The second-order valence-corrected chi connectivity index (χ2v) is 5.88. The van der Waals surface area contributed by atoms with Crippen molar-refractivity contribution < 1.29 is 14.4 Å². The van der Waals surface area contributed by atoms with E-state index in [1.54, 1.807) is 35.7 Å². The lowest BCUT2D eigenvalue weighted by Crippen LogP contribution is -2.28. The number of benzene rings is 1. The van der Waals surface area contributed by atoms with E-state index in [4.69, 9.17) is 17.3 Å². The van der Waals surface area contributed by atoms with E-state index in [0.717, 1.165) is 0 Å². The van der Waals surface area contributed by atoms with Gasteiger partial charge in [0.2, 0.25) is 5.91 Å². The molecule has 0 bridgehead atoms. The molecule has 120 valence electrons. The lowest BCUT2D eigenvalue weighted by atomic mass is 10.2. The smallest absolute Gasteiger partial charge is 0.252 e. The fourth-order valence-corrected chi connectivity index (χ4v) is 2.85. The van der Waals surface area contributed by atoms with Gasteiger partial charge < -0.3 is 16.4 Å². The van der Waals surface area contributed by atoms with Gasteiger partial charge in [0.05, 0.1) is 16.1 Å². The summed E-state index contributed by atoms with van der Waals surface area (Å²) < 4.78 is 0. The van der Waals surface area contributed by atoms with Crippen LogP contribution >= 0.6 is 22.9 Å². The molecule has 1 heterocycles. The number of primary amides is 1. The quantitative estimate of drug-likeness (QED) is 0.743. The number of rotatable bonds is 6. The van der Waals surface area contributed by atoms with E-state index in [0.29, 0.717) is 15.6 Å². The van der Waals surface area contributed by atoms with Crippen LogP contribution in [0, 0.1) is 0 Å². The van der Waals surface area contributed by atoms with E-state index in [9.17, 15) is 14.4 Å². The summed E-state index contributed by atoms with van der Waals surface area (Å²) >= 11 is 7.13. The Hall–Kier alpha value is -2.38. The van der Waals surface area contributed by atoms with Crippen molar-refractivity contribution in [2.24, 2.45) is 5.73 Å². The summed E-state index contributed by atoms with van der Waals surface area (Å²) in [5.41, 5.74) is 5.82. The molecular formula is C15H14ClN3O3S. The van der Waals surface area contributed by atoms with Crippen molar-refractivity contribution in [3.63, 3.8) is 0 Å². The molecule has 2 rings (SSSR count). The third kappa shape index (κ3) is 4.54. The second-order valence-electron chi connectivity index (χ2n) is 4.56. The number of hydrogen-bond donors (Lipinski definition) is 3. The Kier molecular flexibility index (Phi) is 5.72. The van der Waals surface area contributed by atoms with Gasteiger partial charge in [-0.3, -0.25) is 14.4 Å². The van der Waals surface area contributed by atoms with Crippen LogP contribution in [-0.2, 0) is 4.79 Å². The van der Waals surface area contributed by atoms with E-state index >= 15 is 0 Å². The van der Waals surface area contributed by atoms with Gasteiger partial charge in [-0.15, -0.1) is 11.3 Å². The minimum absolute atomic E-state index is 0.0618. The Morgan fingerprint density at radius 1 is 1.13 bits per heavy atom. The predicted molar refractivity (Wildman–Crippen MR) is 89.9 cm³/mol. The molecule has 23 heavy (non-hydrogen) atoms. The average molecular weight is 352 g/mol. The topological polar surface area (TPSA) is 101 Å². The number of thiophene rings is 1. The number of nitrogens with two attached hydrogens (primary N) is 1. The van der Waals surface area contributed by atoms with Crippen molar-refractivity contribution in [2.75, 3.05) is 11.9 Å². The number of anilines is 1. The van der Waals surface area contributed by atoms with E-state index in [-0.39, 0.29) is 30.3 Å². The molecular weight excluding hydrogens is 338 g/mol. The summed E-state index contributed by atoms with van der Waals surface area (Å²) in [4.78, 5) is 34.9. The highest BCUT2D eigenvalue weighted by molar-refractivity contribution is 7.14. The molecule has 0 aliphatic rings. The summed E-state index contributed by atoms with van der Waals surface area (Å²) in [6.07, 6.45) is 0.0618. The SMILES string of the molecule is NC(=O)c1ccsc1NC(=O)CCNC(=O)c1ccccc1Cl. The molecule has 0 unspecified atom stereocenters. The molecule has 0 aliphatic carbocycles. The highest BCUT2D eigenvalue weighted by atomic mass is 35.5. The monoisotopic (exact) mass is 351 g/mol. The molecule has 1 aromatic heterocycles. The van der Waals surface area contributed by atoms with Gasteiger partial charge in [-0.05, 0) is 23.6 Å². The van der Waals surface area contributed by atoms with Gasteiger partial charge in [-0.1, -0.05) is 23.7 Å². The first-order chi connectivity index (χ1) is 11.0. The zero-order chi connectivity index (χ0) is 16.8. The molecule has 0 saturated carbocycles. The lowest BCUT2D eigenvalue weighted by molar-refractivity contribution is -0.116. The first-order valence-corrected chi connectivity index (χ1v) is 7.94. The molecule has 0 saturated heterocycles. The summed E-state index contributed by atoms with van der Waals surface area (Å²) in [7, 11) is 0. The van der Waals surface area contributed by atoms with Gasteiger partial charge in [-0.25, -0.2) is 0 Å². The van der Waals surface area contributed by atoms with Crippen molar-refractivity contribution >= 4 is 45.7 Å². The van der Waals surface area contributed by atoms with Gasteiger partial charge in [0.15, 0.2) is 0 Å². The first-order valence-electron chi connectivity index (χ1n) is 6.69. The molecule has 3 amide bonds. The molecule has 0 radical (unpaired) electrons. The Balaban J connectivity index is 1.83. The van der Waals surface area contributed by atoms with Crippen molar-refractivity contribution in [3.8, 4) is 0 Å². The third-order valence-electron chi connectivity index (χ3n) is 2.94. The summed E-state index contributed by atoms with van der Waals surface area (Å²) in [5, 5.41) is 7.62. The summed E-state index contributed by atoms with van der Waals surface area (Å²) in [5.74, 6) is -1.28. The van der Waals surface area contributed by atoms with Crippen LogP contribution in [0.5, 0.6) is 0 Å². The van der Waals surface area contributed by atoms with Crippen molar-refractivity contribution in [2.45, 2.75) is 6.42 Å². The van der Waals surface area contributed by atoms with E-state index < -0.39 is 5.91 Å². The summed E-state index contributed by atoms with van der Waals surface area (Å²) in [6.45, 7) is 0.146. The molecule has 1 aromatic carbocycles. The summed E-state index contributed by atoms with van der Waals surface area (Å²) in [6, 6.07) is 8.19. The molecule has 8 heteroatoms. The molecule has 0 fully saturated rings. The predicted octanol–water partition coefficient (Wildman–Crippen LogP) is 2.26.